The third-order valence-corrected chi connectivity index (χ3v) is 3.61. The van der Waals surface area contributed by atoms with Crippen LogP contribution < -0.4 is 0 Å². The van der Waals surface area contributed by atoms with Crippen molar-refractivity contribution >= 4 is 38.1 Å². The average Bonchev–Trinajstić information content (AvgIpc) is 2.46. The van der Waals surface area contributed by atoms with Gasteiger partial charge in [-0.1, -0.05) is 36.4 Å². The fourth-order valence-corrected chi connectivity index (χ4v) is 2.36. The first kappa shape index (κ1) is 12.8. The van der Waals surface area contributed by atoms with Crippen molar-refractivity contribution in [3.63, 3.8) is 0 Å². The highest BCUT2D eigenvalue weighted by atomic mass is 79.9. The van der Waals surface area contributed by atoms with Crippen LogP contribution in [0.3, 0.4) is 0 Å². The summed E-state index contributed by atoms with van der Waals surface area (Å²) >= 11 is 3.43. The first-order chi connectivity index (χ1) is 9.74. The van der Waals surface area contributed by atoms with Gasteiger partial charge in [0.15, 0.2) is 0 Å². The van der Waals surface area contributed by atoms with E-state index in [1.165, 1.54) is 0 Å². The molecule has 0 atom stereocenters. The van der Waals surface area contributed by atoms with Gasteiger partial charge in [-0.3, -0.25) is 0 Å². The van der Waals surface area contributed by atoms with Gasteiger partial charge in [-0.05, 0) is 39.5 Å². The lowest BCUT2D eigenvalue weighted by Crippen LogP contribution is -1.74. The Bertz CT molecular complexity index is 799. The topological polar surface area (TPSA) is 45.0 Å². The molecule has 3 rings (SSSR count). The number of benzene rings is 3. The van der Waals surface area contributed by atoms with Crippen LogP contribution in [-0.2, 0) is 0 Å². The Morgan fingerprint density at radius 3 is 2.35 bits per heavy atom. The van der Waals surface area contributed by atoms with E-state index in [2.05, 4.69) is 26.2 Å². The van der Waals surface area contributed by atoms with Gasteiger partial charge >= 0.3 is 0 Å². The summed E-state index contributed by atoms with van der Waals surface area (Å²) in [7, 11) is 0. The van der Waals surface area contributed by atoms with E-state index >= 15 is 0 Å². The number of aromatic hydroxyl groups is 1. The third kappa shape index (κ3) is 2.56. The summed E-state index contributed by atoms with van der Waals surface area (Å²) in [4.78, 5) is 0. The van der Waals surface area contributed by atoms with E-state index in [4.69, 9.17) is 0 Å². The molecule has 0 aliphatic carbocycles. The average molecular weight is 327 g/mol. The van der Waals surface area contributed by atoms with Crippen molar-refractivity contribution in [3.8, 4) is 5.75 Å². The van der Waals surface area contributed by atoms with Gasteiger partial charge in [-0.2, -0.15) is 0 Å². The molecule has 1 N–H and O–H groups in total. The van der Waals surface area contributed by atoms with Gasteiger partial charge in [0.1, 0.15) is 5.75 Å². The summed E-state index contributed by atoms with van der Waals surface area (Å²) in [6.45, 7) is 0. The van der Waals surface area contributed by atoms with E-state index < -0.39 is 0 Å². The summed E-state index contributed by atoms with van der Waals surface area (Å²) in [6.07, 6.45) is 0. The van der Waals surface area contributed by atoms with Gasteiger partial charge in [0, 0.05) is 15.9 Å². The summed E-state index contributed by atoms with van der Waals surface area (Å²) in [5.41, 5.74) is 1.40. The van der Waals surface area contributed by atoms with Crippen molar-refractivity contribution in [3.05, 3.63) is 65.1 Å². The van der Waals surface area contributed by atoms with E-state index in [-0.39, 0.29) is 5.75 Å². The summed E-state index contributed by atoms with van der Waals surface area (Å²) < 4.78 is 0.883. The Kier molecular flexibility index (Phi) is 3.48. The number of phenols is 1. The summed E-state index contributed by atoms with van der Waals surface area (Å²) in [6, 6.07) is 18.7. The van der Waals surface area contributed by atoms with Gasteiger partial charge in [0.25, 0.3) is 0 Å². The highest BCUT2D eigenvalue weighted by Crippen LogP contribution is 2.33. The standard InChI is InChI=1S/C16H11BrN2O/c17-14-7-3-4-8-15(14)18-19-16-10-12(20)9-11-5-1-2-6-13(11)16/h1-10,20H. The lowest BCUT2D eigenvalue weighted by molar-refractivity contribution is 0.476. The van der Waals surface area contributed by atoms with E-state index in [1.807, 2.05) is 48.5 Å². The molecule has 0 aromatic heterocycles. The van der Waals surface area contributed by atoms with Gasteiger partial charge in [0.05, 0.1) is 11.4 Å². The monoisotopic (exact) mass is 326 g/mol. The molecule has 0 saturated carbocycles. The van der Waals surface area contributed by atoms with Gasteiger partial charge in [0.2, 0.25) is 0 Å². The van der Waals surface area contributed by atoms with Crippen LogP contribution in [0.1, 0.15) is 0 Å². The van der Waals surface area contributed by atoms with Crippen molar-refractivity contribution in [1.82, 2.24) is 0 Å². The molecule has 0 bridgehead atoms. The third-order valence-electron chi connectivity index (χ3n) is 2.94. The van der Waals surface area contributed by atoms with E-state index in [1.54, 1.807) is 12.1 Å². The molecule has 98 valence electrons. The number of halogens is 1. The van der Waals surface area contributed by atoms with Gasteiger partial charge < -0.3 is 5.11 Å². The minimum Gasteiger partial charge on any atom is -0.508 e. The molecule has 0 aliphatic rings. The molecule has 3 aromatic carbocycles. The molecule has 0 aliphatic heterocycles. The normalized spacial score (nSPS) is 11.2. The Labute approximate surface area is 124 Å². The Hall–Kier alpha value is -2.20. The highest BCUT2D eigenvalue weighted by molar-refractivity contribution is 9.10. The van der Waals surface area contributed by atoms with Crippen molar-refractivity contribution in [2.24, 2.45) is 10.2 Å². The zero-order valence-electron chi connectivity index (χ0n) is 10.5. The van der Waals surface area contributed by atoms with Crippen LogP contribution in [0.2, 0.25) is 0 Å². The molecule has 4 heteroatoms. The predicted octanol–water partition coefficient (Wildman–Crippen LogP) is 5.72. The number of phenolic OH excluding ortho intramolecular Hbond substituents is 1. The number of hydrogen-bond acceptors (Lipinski definition) is 3. The molecule has 0 spiro atoms. The van der Waals surface area contributed by atoms with Crippen LogP contribution in [0.25, 0.3) is 10.8 Å². The molecule has 3 aromatic rings. The molecule has 3 nitrogen and oxygen atoms in total. The molecule has 0 saturated heterocycles. The lowest BCUT2D eigenvalue weighted by Gasteiger charge is -2.02. The first-order valence-electron chi connectivity index (χ1n) is 6.12. The first-order valence-corrected chi connectivity index (χ1v) is 6.91. The number of hydrogen-bond donors (Lipinski definition) is 1. The molecular weight excluding hydrogens is 316 g/mol. The lowest BCUT2D eigenvalue weighted by atomic mass is 10.1. The molecular formula is C16H11BrN2O. The maximum absolute atomic E-state index is 9.75. The zero-order chi connectivity index (χ0) is 13.9. The minimum atomic E-state index is 0.185. The number of azo groups is 1. The van der Waals surface area contributed by atoms with Crippen LogP contribution in [0, 0.1) is 0 Å². The van der Waals surface area contributed by atoms with Gasteiger partial charge in [-0.25, -0.2) is 0 Å². The fraction of sp³-hybridized carbons (Fsp3) is 0. The Morgan fingerprint density at radius 1 is 0.800 bits per heavy atom. The minimum absolute atomic E-state index is 0.185. The molecule has 0 unspecified atom stereocenters. The zero-order valence-corrected chi connectivity index (χ0v) is 12.1. The van der Waals surface area contributed by atoms with Crippen LogP contribution >= 0.6 is 15.9 Å². The van der Waals surface area contributed by atoms with E-state index in [9.17, 15) is 5.11 Å². The second-order valence-corrected chi connectivity index (χ2v) is 5.19. The Balaban J connectivity index is 2.09. The van der Waals surface area contributed by atoms with Crippen molar-refractivity contribution in [1.29, 1.82) is 0 Å². The maximum Gasteiger partial charge on any atom is 0.118 e. The smallest absolute Gasteiger partial charge is 0.118 e. The molecule has 20 heavy (non-hydrogen) atoms. The quantitative estimate of drug-likeness (QED) is 0.601. The van der Waals surface area contributed by atoms with Crippen molar-refractivity contribution in [2.45, 2.75) is 0 Å². The number of nitrogens with zero attached hydrogens (tertiary/aromatic N) is 2. The summed E-state index contributed by atoms with van der Waals surface area (Å²) in [5, 5.41) is 20.1. The predicted molar refractivity (Wildman–Crippen MR) is 83.9 cm³/mol. The Morgan fingerprint density at radius 2 is 1.50 bits per heavy atom. The van der Waals surface area contributed by atoms with Crippen LogP contribution in [-0.4, -0.2) is 5.11 Å². The summed E-state index contributed by atoms with van der Waals surface area (Å²) in [5.74, 6) is 0.185. The van der Waals surface area contributed by atoms with E-state index in [0.717, 1.165) is 20.9 Å². The van der Waals surface area contributed by atoms with E-state index in [0.29, 0.717) is 5.69 Å². The molecule has 0 fully saturated rings. The van der Waals surface area contributed by atoms with Crippen molar-refractivity contribution < 1.29 is 5.11 Å². The maximum atomic E-state index is 9.75. The number of rotatable bonds is 2. The van der Waals surface area contributed by atoms with Crippen LogP contribution in [0.5, 0.6) is 5.75 Å². The molecule has 0 heterocycles. The molecule has 0 amide bonds. The van der Waals surface area contributed by atoms with Crippen LogP contribution in [0.15, 0.2) is 75.4 Å². The van der Waals surface area contributed by atoms with Crippen LogP contribution in [0.4, 0.5) is 11.4 Å². The highest BCUT2D eigenvalue weighted by Gasteiger charge is 2.03. The second kappa shape index (κ2) is 5.43. The second-order valence-electron chi connectivity index (χ2n) is 4.34. The fourth-order valence-electron chi connectivity index (χ4n) is 2.00. The number of fused-ring (bicyclic) bond motifs is 1. The van der Waals surface area contributed by atoms with Crippen molar-refractivity contribution in [2.75, 3.05) is 0 Å². The largest absolute Gasteiger partial charge is 0.508 e. The van der Waals surface area contributed by atoms with Gasteiger partial charge in [-0.15, -0.1) is 10.2 Å². The SMILES string of the molecule is Oc1cc(N=Nc2ccccc2Br)c2ccccc2c1. The molecule has 0 radical (unpaired) electrons.